The van der Waals surface area contributed by atoms with Gasteiger partial charge in [0, 0.05) is 5.69 Å². The van der Waals surface area contributed by atoms with Gasteiger partial charge >= 0.3 is 0 Å². The van der Waals surface area contributed by atoms with Crippen LogP contribution in [0.5, 0.6) is 0 Å². The van der Waals surface area contributed by atoms with E-state index < -0.39 is 37.3 Å². The molecule has 6 heteroatoms. The van der Waals surface area contributed by atoms with Crippen LogP contribution in [0.25, 0.3) is 0 Å². The fourth-order valence-electron chi connectivity index (χ4n) is 2.35. The van der Waals surface area contributed by atoms with Gasteiger partial charge in [0.05, 0.1) is 6.61 Å². The largest absolute Gasteiger partial charge is 0.394 e. The Morgan fingerprint density at radius 1 is 1.05 bits per heavy atom. The lowest BCUT2D eigenvalue weighted by Gasteiger charge is -2.40. The maximum atomic E-state index is 9.95. The second-order valence-electron chi connectivity index (χ2n) is 5.67. The summed E-state index contributed by atoms with van der Waals surface area (Å²) in [6.07, 6.45) is -5.80. The highest BCUT2D eigenvalue weighted by atomic mass is 16.6. The molecule has 2 rings (SSSR count). The van der Waals surface area contributed by atoms with E-state index in [9.17, 15) is 15.3 Å². The zero-order valence-corrected chi connectivity index (χ0v) is 12.2. The molecule has 1 fully saturated rings. The third-order valence-electron chi connectivity index (χ3n) is 3.78. The maximum absolute atomic E-state index is 9.95. The van der Waals surface area contributed by atoms with Gasteiger partial charge in [-0.05, 0) is 23.6 Å². The molecule has 0 unspecified atom stereocenters. The lowest BCUT2D eigenvalue weighted by Crippen LogP contribution is -2.60. The first kappa shape index (κ1) is 16.2. The summed E-state index contributed by atoms with van der Waals surface area (Å²) < 4.78 is 5.39. The number of aliphatic hydroxyl groups excluding tert-OH is 4. The van der Waals surface area contributed by atoms with E-state index in [2.05, 4.69) is 19.2 Å². The second kappa shape index (κ2) is 6.72. The number of aliphatic hydroxyl groups is 4. The summed E-state index contributed by atoms with van der Waals surface area (Å²) in [5, 5.41) is 41.5. The molecule has 118 valence electrons. The van der Waals surface area contributed by atoms with Crippen LogP contribution in [-0.2, 0) is 4.74 Å². The molecule has 1 aliphatic heterocycles. The van der Waals surface area contributed by atoms with Crippen LogP contribution in [0.3, 0.4) is 0 Å². The summed E-state index contributed by atoms with van der Waals surface area (Å²) in [5.74, 6) is 0.423. The molecule has 5 N–H and O–H groups in total. The minimum absolute atomic E-state index is 0.423. The Labute approximate surface area is 124 Å². The molecule has 0 bridgehead atoms. The Morgan fingerprint density at radius 2 is 1.67 bits per heavy atom. The summed E-state index contributed by atoms with van der Waals surface area (Å²) in [5.41, 5.74) is 1.91. The fraction of sp³-hybridized carbons (Fsp3) is 0.600. The molecule has 1 aliphatic rings. The molecule has 6 nitrogen and oxygen atoms in total. The van der Waals surface area contributed by atoms with Crippen molar-refractivity contribution in [1.82, 2.24) is 0 Å². The Bertz CT molecular complexity index is 448. The minimum Gasteiger partial charge on any atom is -0.394 e. The topological polar surface area (TPSA) is 102 Å². The van der Waals surface area contributed by atoms with Gasteiger partial charge in [-0.3, -0.25) is 0 Å². The molecule has 0 spiro atoms. The molecule has 1 aromatic rings. The molecular weight excluding hydrogens is 274 g/mol. The highest BCUT2D eigenvalue weighted by molar-refractivity contribution is 5.46. The monoisotopic (exact) mass is 297 g/mol. The molecule has 0 aromatic heterocycles. The van der Waals surface area contributed by atoms with E-state index in [-0.39, 0.29) is 0 Å². The normalized spacial score (nSPS) is 33.2. The number of ether oxygens (including phenoxy) is 1. The maximum Gasteiger partial charge on any atom is 0.157 e. The number of hydrogen-bond acceptors (Lipinski definition) is 6. The molecule has 1 saturated heterocycles. The molecule has 1 heterocycles. The Balaban J connectivity index is 2.07. The summed E-state index contributed by atoms with van der Waals surface area (Å²) >= 11 is 0. The molecule has 1 aromatic carbocycles. The molecule has 0 radical (unpaired) electrons. The van der Waals surface area contributed by atoms with Crippen molar-refractivity contribution in [2.24, 2.45) is 0 Å². The van der Waals surface area contributed by atoms with Crippen molar-refractivity contribution in [1.29, 1.82) is 0 Å². The summed E-state index contributed by atoms with van der Waals surface area (Å²) in [6, 6.07) is 7.65. The standard InChI is InChI=1S/C15H23NO5/c1-8(2)9-3-5-10(6-4-9)16-15-14(20)13(19)12(18)11(7-17)21-15/h3-6,8,11-20H,7H2,1-2H3/t11-,12-,13+,14-,15-/m1/s1. The lowest BCUT2D eigenvalue weighted by atomic mass is 9.98. The number of benzene rings is 1. The van der Waals surface area contributed by atoms with Crippen LogP contribution in [0, 0.1) is 0 Å². The molecule has 0 amide bonds. The predicted molar refractivity (Wildman–Crippen MR) is 77.9 cm³/mol. The number of rotatable bonds is 4. The molecule has 0 saturated carbocycles. The SMILES string of the molecule is CC(C)c1ccc(N[C@@H]2O[C@H](CO)[C@@H](O)[C@H](O)[C@H]2O)cc1. The van der Waals surface area contributed by atoms with Gasteiger partial charge in [0.15, 0.2) is 6.23 Å². The fourth-order valence-corrected chi connectivity index (χ4v) is 2.35. The van der Waals surface area contributed by atoms with Crippen LogP contribution in [0.4, 0.5) is 5.69 Å². The highest BCUT2D eigenvalue weighted by Crippen LogP contribution is 2.24. The van der Waals surface area contributed by atoms with Crippen molar-refractivity contribution in [2.75, 3.05) is 11.9 Å². The third-order valence-corrected chi connectivity index (χ3v) is 3.78. The molecule has 5 atom stereocenters. The van der Waals surface area contributed by atoms with Gasteiger partial charge in [-0.1, -0.05) is 26.0 Å². The quantitative estimate of drug-likeness (QED) is 0.537. The van der Waals surface area contributed by atoms with Crippen molar-refractivity contribution in [3.63, 3.8) is 0 Å². The average molecular weight is 297 g/mol. The van der Waals surface area contributed by atoms with Gasteiger partial charge in [0.2, 0.25) is 0 Å². The lowest BCUT2D eigenvalue weighted by molar-refractivity contribution is -0.221. The van der Waals surface area contributed by atoms with Gasteiger partial charge in [0.1, 0.15) is 24.4 Å². The number of nitrogens with one attached hydrogen (secondary N) is 1. The highest BCUT2D eigenvalue weighted by Gasteiger charge is 2.43. The molecular formula is C15H23NO5. The minimum atomic E-state index is -1.37. The smallest absolute Gasteiger partial charge is 0.157 e. The van der Waals surface area contributed by atoms with E-state index in [1.54, 1.807) is 0 Å². The van der Waals surface area contributed by atoms with Gasteiger partial charge in [-0.25, -0.2) is 0 Å². The Kier molecular flexibility index (Phi) is 5.18. The van der Waals surface area contributed by atoms with Crippen molar-refractivity contribution < 1.29 is 25.2 Å². The van der Waals surface area contributed by atoms with Crippen molar-refractivity contribution in [2.45, 2.75) is 50.4 Å². The van der Waals surface area contributed by atoms with Crippen molar-refractivity contribution in [3.05, 3.63) is 29.8 Å². The van der Waals surface area contributed by atoms with Gasteiger partial charge < -0.3 is 30.5 Å². The zero-order chi connectivity index (χ0) is 15.6. The van der Waals surface area contributed by atoms with Crippen molar-refractivity contribution >= 4 is 5.69 Å². The van der Waals surface area contributed by atoms with E-state index in [0.717, 1.165) is 5.69 Å². The van der Waals surface area contributed by atoms with E-state index in [1.807, 2.05) is 24.3 Å². The first-order chi connectivity index (χ1) is 9.93. The van der Waals surface area contributed by atoms with Crippen LogP contribution in [0.1, 0.15) is 25.3 Å². The first-order valence-electron chi connectivity index (χ1n) is 7.11. The van der Waals surface area contributed by atoms with Gasteiger partial charge in [-0.2, -0.15) is 0 Å². The molecule has 0 aliphatic carbocycles. The summed E-state index contributed by atoms with van der Waals surface area (Å²) in [6.45, 7) is 3.76. The third kappa shape index (κ3) is 3.53. The number of anilines is 1. The van der Waals surface area contributed by atoms with E-state index in [4.69, 9.17) is 9.84 Å². The van der Waals surface area contributed by atoms with Gasteiger partial charge in [-0.15, -0.1) is 0 Å². The van der Waals surface area contributed by atoms with Crippen molar-refractivity contribution in [3.8, 4) is 0 Å². The Morgan fingerprint density at radius 3 is 2.19 bits per heavy atom. The Hall–Kier alpha value is -1.18. The predicted octanol–water partition coefficient (Wildman–Crippen LogP) is 0.0218. The molecule has 21 heavy (non-hydrogen) atoms. The summed E-state index contributed by atoms with van der Waals surface area (Å²) in [4.78, 5) is 0. The van der Waals surface area contributed by atoms with Crippen LogP contribution in [-0.4, -0.2) is 57.7 Å². The zero-order valence-electron chi connectivity index (χ0n) is 12.2. The van der Waals surface area contributed by atoms with Crippen LogP contribution < -0.4 is 5.32 Å². The van der Waals surface area contributed by atoms with Crippen LogP contribution in [0.2, 0.25) is 0 Å². The number of hydrogen-bond donors (Lipinski definition) is 5. The average Bonchev–Trinajstić information content (AvgIpc) is 2.48. The van der Waals surface area contributed by atoms with E-state index in [0.29, 0.717) is 5.92 Å². The first-order valence-corrected chi connectivity index (χ1v) is 7.11. The summed E-state index contributed by atoms with van der Waals surface area (Å²) in [7, 11) is 0. The van der Waals surface area contributed by atoms with Gasteiger partial charge in [0.25, 0.3) is 0 Å². The van der Waals surface area contributed by atoms with E-state index >= 15 is 0 Å². The van der Waals surface area contributed by atoms with Crippen LogP contribution >= 0.6 is 0 Å². The van der Waals surface area contributed by atoms with Crippen LogP contribution in [0.15, 0.2) is 24.3 Å². The van der Waals surface area contributed by atoms with E-state index in [1.165, 1.54) is 5.56 Å². The second-order valence-corrected chi connectivity index (χ2v) is 5.67.